The fraction of sp³-hybridized carbons (Fsp3) is 0.250. The first kappa shape index (κ1) is 18.2. The molecular weight excluding hydrogens is 383 g/mol. The first-order valence-electron chi connectivity index (χ1n) is 7.56. The minimum Gasteiger partial charge on any atom is -0.325 e. The summed E-state index contributed by atoms with van der Waals surface area (Å²) in [6, 6.07) is 4.53. The standard InChI is InChI=1S/C16H14Cl2N4O4/c1-21-13-12(15(25)22(2)16(21)26)8(6-11(23)20-13)14(24)19-7-3-4-9(17)10(18)5-7/h3-5,8H,6H2,1-2H3,(H,19,24)(H,20,23). The summed E-state index contributed by atoms with van der Waals surface area (Å²) in [5.41, 5.74) is -0.790. The smallest absolute Gasteiger partial charge is 0.325 e. The number of carbonyl (C=O) groups excluding carboxylic acids is 2. The van der Waals surface area contributed by atoms with E-state index in [1.165, 1.54) is 26.2 Å². The summed E-state index contributed by atoms with van der Waals surface area (Å²) in [5.74, 6) is -2.03. The van der Waals surface area contributed by atoms with Crippen molar-refractivity contribution in [2.45, 2.75) is 12.3 Å². The van der Waals surface area contributed by atoms with Gasteiger partial charge in [0.05, 0.1) is 21.5 Å². The van der Waals surface area contributed by atoms with Crippen LogP contribution in [0.15, 0.2) is 27.8 Å². The third kappa shape index (κ3) is 3.02. The molecule has 10 heteroatoms. The van der Waals surface area contributed by atoms with Crippen LogP contribution in [0.4, 0.5) is 11.5 Å². The zero-order chi connectivity index (χ0) is 19.2. The lowest BCUT2D eigenvalue weighted by Gasteiger charge is -2.26. The topological polar surface area (TPSA) is 102 Å². The van der Waals surface area contributed by atoms with Crippen LogP contribution in [0, 0.1) is 0 Å². The second-order valence-corrected chi connectivity index (χ2v) is 6.71. The summed E-state index contributed by atoms with van der Waals surface area (Å²) < 4.78 is 2.03. The molecule has 0 aliphatic carbocycles. The van der Waals surface area contributed by atoms with E-state index in [9.17, 15) is 19.2 Å². The number of benzene rings is 1. The number of halogens is 2. The first-order valence-corrected chi connectivity index (χ1v) is 8.32. The predicted octanol–water partition coefficient (Wildman–Crippen LogP) is 1.46. The number of carbonyl (C=O) groups is 2. The molecule has 1 aliphatic heterocycles. The number of fused-ring (bicyclic) bond motifs is 1. The third-order valence-corrected chi connectivity index (χ3v) is 4.94. The lowest BCUT2D eigenvalue weighted by Crippen LogP contribution is -2.45. The van der Waals surface area contributed by atoms with Crippen LogP contribution in [0.1, 0.15) is 17.9 Å². The number of amides is 2. The molecule has 2 heterocycles. The van der Waals surface area contributed by atoms with E-state index in [2.05, 4.69) is 10.6 Å². The molecule has 0 fully saturated rings. The summed E-state index contributed by atoms with van der Waals surface area (Å²) in [4.78, 5) is 49.3. The number of nitrogens with one attached hydrogen (secondary N) is 2. The Kier molecular flexibility index (Phi) is 4.64. The van der Waals surface area contributed by atoms with Gasteiger partial charge in [-0.05, 0) is 18.2 Å². The zero-order valence-corrected chi connectivity index (χ0v) is 15.3. The molecule has 1 aliphatic rings. The Morgan fingerprint density at radius 2 is 1.85 bits per heavy atom. The van der Waals surface area contributed by atoms with Gasteiger partial charge in [0.1, 0.15) is 5.82 Å². The molecule has 0 bridgehead atoms. The maximum atomic E-state index is 12.7. The monoisotopic (exact) mass is 396 g/mol. The van der Waals surface area contributed by atoms with E-state index in [-0.39, 0.29) is 22.8 Å². The van der Waals surface area contributed by atoms with Gasteiger partial charge >= 0.3 is 5.69 Å². The van der Waals surface area contributed by atoms with Crippen molar-refractivity contribution in [1.29, 1.82) is 0 Å². The van der Waals surface area contributed by atoms with Crippen LogP contribution in [0.2, 0.25) is 10.0 Å². The Morgan fingerprint density at radius 1 is 1.15 bits per heavy atom. The van der Waals surface area contributed by atoms with Crippen LogP contribution in [-0.4, -0.2) is 20.9 Å². The normalized spacial score (nSPS) is 16.0. The van der Waals surface area contributed by atoms with Crippen LogP contribution >= 0.6 is 23.2 Å². The van der Waals surface area contributed by atoms with E-state index >= 15 is 0 Å². The molecule has 26 heavy (non-hydrogen) atoms. The van der Waals surface area contributed by atoms with Crippen LogP contribution in [-0.2, 0) is 23.7 Å². The highest BCUT2D eigenvalue weighted by Gasteiger charge is 2.35. The van der Waals surface area contributed by atoms with Gasteiger partial charge in [-0.15, -0.1) is 0 Å². The van der Waals surface area contributed by atoms with Gasteiger partial charge in [0, 0.05) is 26.2 Å². The van der Waals surface area contributed by atoms with Crippen molar-refractivity contribution in [3.63, 3.8) is 0 Å². The molecule has 0 saturated carbocycles. The summed E-state index contributed by atoms with van der Waals surface area (Å²) in [6.45, 7) is 0. The summed E-state index contributed by atoms with van der Waals surface area (Å²) >= 11 is 11.8. The van der Waals surface area contributed by atoms with Crippen LogP contribution in [0.3, 0.4) is 0 Å². The molecule has 0 radical (unpaired) electrons. The highest BCUT2D eigenvalue weighted by Crippen LogP contribution is 2.30. The molecule has 3 rings (SSSR count). The molecule has 1 atom stereocenters. The van der Waals surface area contributed by atoms with Gasteiger partial charge in [-0.2, -0.15) is 0 Å². The summed E-state index contributed by atoms with van der Waals surface area (Å²) in [6.07, 6.45) is -0.215. The average molecular weight is 397 g/mol. The van der Waals surface area contributed by atoms with E-state index < -0.39 is 29.0 Å². The molecule has 8 nitrogen and oxygen atoms in total. The van der Waals surface area contributed by atoms with Crippen molar-refractivity contribution in [3.8, 4) is 0 Å². The number of aromatic nitrogens is 2. The van der Waals surface area contributed by atoms with E-state index in [1.54, 1.807) is 6.07 Å². The SMILES string of the molecule is Cn1c2c(c(=O)n(C)c1=O)C(C(=O)Nc1ccc(Cl)c(Cl)c1)CC(=O)N2. The molecule has 2 aromatic rings. The molecule has 1 unspecified atom stereocenters. The van der Waals surface area contributed by atoms with E-state index in [0.717, 1.165) is 9.13 Å². The predicted molar refractivity (Wildman–Crippen MR) is 98.0 cm³/mol. The molecule has 2 amide bonds. The second kappa shape index (κ2) is 6.62. The van der Waals surface area contributed by atoms with E-state index in [0.29, 0.717) is 10.7 Å². The Balaban J connectivity index is 2.05. The number of anilines is 2. The van der Waals surface area contributed by atoms with Gasteiger partial charge in [0.15, 0.2) is 0 Å². The average Bonchev–Trinajstić information content (AvgIpc) is 2.60. The van der Waals surface area contributed by atoms with Crippen LogP contribution in [0.5, 0.6) is 0 Å². The highest BCUT2D eigenvalue weighted by atomic mass is 35.5. The number of hydrogen-bond acceptors (Lipinski definition) is 4. The van der Waals surface area contributed by atoms with Gasteiger partial charge in [0.25, 0.3) is 5.56 Å². The van der Waals surface area contributed by atoms with Crippen molar-refractivity contribution < 1.29 is 9.59 Å². The number of nitrogens with zero attached hydrogens (tertiary/aromatic N) is 2. The third-order valence-electron chi connectivity index (χ3n) is 4.20. The van der Waals surface area contributed by atoms with Crippen molar-refractivity contribution >= 4 is 46.5 Å². The lowest BCUT2D eigenvalue weighted by atomic mass is 9.92. The molecule has 2 N–H and O–H groups in total. The molecule has 0 spiro atoms. The lowest BCUT2D eigenvalue weighted by molar-refractivity contribution is -0.123. The minimum atomic E-state index is -1.04. The van der Waals surface area contributed by atoms with Gasteiger partial charge in [-0.25, -0.2) is 4.79 Å². The highest BCUT2D eigenvalue weighted by molar-refractivity contribution is 6.42. The first-order chi connectivity index (χ1) is 12.2. The Labute approximate surface area is 157 Å². The molecular formula is C16H14Cl2N4O4. The fourth-order valence-electron chi connectivity index (χ4n) is 2.83. The summed E-state index contributed by atoms with van der Waals surface area (Å²) in [7, 11) is 2.73. The van der Waals surface area contributed by atoms with Gasteiger partial charge in [0.2, 0.25) is 11.8 Å². The Bertz CT molecular complexity index is 1060. The second-order valence-electron chi connectivity index (χ2n) is 5.89. The maximum absolute atomic E-state index is 12.7. The van der Waals surface area contributed by atoms with Crippen molar-refractivity contribution in [1.82, 2.24) is 9.13 Å². The quantitative estimate of drug-likeness (QED) is 0.801. The van der Waals surface area contributed by atoms with Crippen molar-refractivity contribution in [2.75, 3.05) is 10.6 Å². The Hall–Kier alpha value is -2.58. The van der Waals surface area contributed by atoms with E-state index in [1.807, 2.05) is 0 Å². The number of hydrogen-bond donors (Lipinski definition) is 2. The molecule has 1 aromatic heterocycles. The number of rotatable bonds is 2. The van der Waals surface area contributed by atoms with Gasteiger partial charge in [-0.1, -0.05) is 23.2 Å². The molecule has 136 valence electrons. The minimum absolute atomic E-state index is 0.0311. The largest absolute Gasteiger partial charge is 0.332 e. The fourth-order valence-corrected chi connectivity index (χ4v) is 3.13. The van der Waals surface area contributed by atoms with Crippen LogP contribution in [0.25, 0.3) is 0 Å². The van der Waals surface area contributed by atoms with Gasteiger partial charge < -0.3 is 10.6 Å². The Morgan fingerprint density at radius 3 is 2.50 bits per heavy atom. The molecule has 1 aromatic carbocycles. The van der Waals surface area contributed by atoms with Gasteiger partial charge in [-0.3, -0.25) is 23.5 Å². The summed E-state index contributed by atoms with van der Waals surface area (Å²) in [5, 5.41) is 5.70. The van der Waals surface area contributed by atoms with Crippen molar-refractivity contribution in [3.05, 3.63) is 54.6 Å². The maximum Gasteiger partial charge on any atom is 0.332 e. The van der Waals surface area contributed by atoms with Crippen LogP contribution < -0.4 is 21.9 Å². The molecule has 0 saturated heterocycles. The zero-order valence-electron chi connectivity index (χ0n) is 13.8. The van der Waals surface area contributed by atoms with Crippen molar-refractivity contribution in [2.24, 2.45) is 14.1 Å². The van der Waals surface area contributed by atoms with E-state index in [4.69, 9.17) is 23.2 Å².